The number of fused-ring (bicyclic) bond motifs is 6. The summed E-state index contributed by atoms with van der Waals surface area (Å²) in [6.45, 7) is 4.73. The summed E-state index contributed by atoms with van der Waals surface area (Å²) in [5.74, 6) is 0.681. The van der Waals surface area contributed by atoms with Crippen LogP contribution >= 0.6 is 0 Å². The average Bonchev–Trinajstić information content (AvgIpc) is 3.73. The Morgan fingerprint density at radius 2 is 0.862 bits per heavy atom. The SMILES string of the molecule is CC1(C)c2ccccc2-c2cc3c4ccccc4n(-c4c(-c5ccccc5)cc(-c5nc(-c6ccccc6)cc(-c6ccccc6)n5)cc4-c4ccccc4)c3cc21. The summed E-state index contributed by atoms with van der Waals surface area (Å²) in [4.78, 5) is 10.6. The van der Waals surface area contributed by atoms with Crippen molar-refractivity contribution in [1.82, 2.24) is 14.5 Å². The maximum absolute atomic E-state index is 5.32. The number of aromatic nitrogens is 3. The van der Waals surface area contributed by atoms with Crippen LogP contribution in [0.1, 0.15) is 25.0 Å². The van der Waals surface area contributed by atoms with E-state index in [1.807, 2.05) is 12.1 Å². The molecule has 0 fully saturated rings. The van der Waals surface area contributed by atoms with Gasteiger partial charge in [-0.3, -0.25) is 0 Å². The van der Waals surface area contributed by atoms with Crippen LogP contribution in [0.5, 0.6) is 0 Å². The van der Waals surface area contributed by atoms with Crippen LogP contribution in [0.3, 0.4) is 0 Å². The van der Waals surface area contributed by atoms with E-state index in [0.29, 0.717) is 5.82 Å². The van der Waals surface area contributed by atoms with Crippen molar-refractivity contribution in [3.63, 3.8) is 0 Å². The molecule has 2 heterocycles. The molecule has 0 N–H and O–H groups in total. The Kier molecular flexibility index (Phi) is 7.84. The molecule has 3 heteroatoms. The van der Waals surface area contributed by atoms with Crippen molar-refractivity contribution in [2.24, 2.45) is 0 Å². The summed E-state index contributed by atoms with van der Waals surface area (Å²) in [5.41, 5.74) is 18.0. The van der Waals surface area contributed by atoms with Crippen LogP contribution in [0.4, 0.5) is 0 Å². The number of benzene rings is 8. The van der Waals surface area contributed by atoms with Gasteiger partial charge in [0.15, 0.2) is 5.82 Å². The van der Waals surface area contributed by atoms with Gasteiger partial charge < -0.3 is 4.57 Å². The lowest BCUT2D eigenvalue weighted by molar-refractivity contribution is 0.661. The van der Waals surface area contributed by atoms with Gasteiger partial charge in [-0.2, -0.15) is 0 Å². The predicted octanol–water partition coefficient (Wildman–Crippen LogP) is 14.2. The Morgan fingerprint density at radius 3 is 1.45 bits per heavy atom. The summed E-state index contributed by atoms with van der Waals surface area (Å²) < 4.78 is 2.52. The van der Waals surface area contributed by atoms with Gasteiger partial charge in [-0.05, 0) is 69.8 Å². The van der Waals surface area contributed by atoms with Crippen molar-refractivity contribution in [3.05, 3.63) is 211 Å². The zero-order valence-corrected chi connectivity index (χ0v) is 32.4. The molecule has 0 radical (unpaired) electrons. The largest absolute Gasteiger partial charge is 0.308 e. The third-order valence-electron chi connectivity index (χ3n) is 12.0. The van der Waals surface area contributed by atoms with Gasteiger partial charge in [0.1, 0.15) is 0 Å². The van der Waals surface area contributed by atoms with Crippen LogP contribution in [0.25, 0.3) is 94.8 Å². The van der Waals surface area contributed by atoms with E-state index in [4.69, 9.17) is 9.97 Å². The molecule has 11 rings (SSSR count). The molecule has 0 bridgehead atoms. The van der Waals surface area contributed by atoms with E-state index in [1.54, 1.807) is 0 Å². The molecule has 1 aliphatic rings. The maximum atomic E-state index is 5.32. The Labute approximate surface area is 338 Å². The summed E-state index contributed by atoms with van der Waals surface area (Å²) in [6.07, 6.45) is 0. The first-order valence-electron chi connectivity index (χ1n) is 20.0. The minimum Gasteiger partial charge on any atom is -0.308 e. The van der Waals surface area contributed by atoms with Gasteiger partial charge in [-0.25, -0.2) is 9.97 Å². The first kappa shape index (κ1) is 33.9. The van der Waals surface area contributed by atoms with Crippen LogP contribution < -0.4 is 0 Å². The predicted molar refractivity (Wildman–Crippen MR) is 241 cm³/mol. The molecule has 3 nitrogen and oxygen atoms in total. The molecular formula is C55H39N3. The molecule has 0 aliphatic heterocycles. The summed E-state index contributed by atoms with van der Waals surface area (Å²) in [5, 5.41) is 2.48. The van der Waals surface area contributed by atoms with Crippen LogP contribution in [-0.4, -0.2) is 14.5 Å². The highest BCUT2D eigenvalue weighted by molar-refractivity contribution is 6.13. The first-order valence-corrected chi connectivity index (χ1v) is 20.0. The monoisotopic (exact) mass is 741 g/mol. The summed E-state index contributed by atoms with van der Waals surface area (Å²) in [6, 6.07) is 71.9. The van der Waals surface area contributed by atoms with Gasteiger partial charge in [0.25, 0.3) is 0 Å². The fourth-order valence-electron chi connectivity index (χ4n) is 9.17. The van der Waals surface area contributed by atoms with Crippen molar-refractivity contribution in [2.75, 3.05) is 0 Å². The molecule has 1 aliphatic carbocycles. The van der Waals surface area contributed by atoms with Gasteiger partial charge in [-0.15, -0.1) is 0 Å². The van der Waals surface area contributed by atoms with Crippen molar-refractivity contribution in [1.29, 1.82) is 0 Å². The summed E-state index contributed by atoms with van der Waals surface area (Å²) in [7, 11) is 0. The van der Waals surface area contributed by atoms with E-state index in [1.165, 1.54) is 44.1 Å². The zero-order valence-electron chi connectivity index (χ0n) is 32.4. The molecule has 10 aromatic rings. The fraction of sp³-hybridized carbons (Fsp3) is 0.0545. The molecular weight excluding hydrogens is 703 g/mol. The van der Waals surface area contributed by atoms with Crippen LogP contribution in [0.2, 0.25) is 0 Å². The zero-order chi connectivity index (χ0) is 38.8. The van der Waals surface area contributed by atoms with Crippen LogP contribution in [0, 0.1) is 0 Å². The lowest BCUT2D eigenvalue weighted by Gasteiger charge is -2.23. The van der Waals surface area contributed by atoms with E-state index in [-0.39, 0.29) is 5.41 Å². The lowest BCUT2D eigenvalue weighted by Crippen LogP contribution is -2.15. The molecule has 58 heavy (non-hydrogen) atoms. The molecule has 274 valence electrons. The summed E-state index contributed by atoms with van der Waals surface area (Å²) >= 11 is 0. The number of rotatable bonds is 6. The highest BCUT2D eigenvalue weighted by atomic mass is 15.0. The number of hydrogen-bond donors (Lipinski definition) is 0. The number of hydrogen-bond acceptors (Lipinski definition) is 2. The molecule has 0 saturated heterocycles. The highest BCUT2D eigenvalue weighted by Gasteiger charge is 2.36. The lowest BCUT2D eigenvalue weighted by atomic mass is 9.82. The van der Waals surface area contributed by atoms with Gasteiger partial charge >= 0.3 is 0 Å². The third-order valence-corrected chi connectivity index (χ3v) is 12.0. The van der Waals surface area contributed by atoms with Crippen LogP contribution in [-0.2, 0) is 5.41 Å². The van der Waals surface area contributed by atoms with Crippen molar-refractivity contribution in [3.8, 4) is 73.0 Å². The van der Waals surface area contributed by atoms with Crippen molar-refractivity contribution < 1.29 is 0 Å². The van der Waals surface area contributed by atoms with Gasteiger partial charge in [-0.1, -0.05) is 178 Å². The smallest absolute Gasteiger partial charge is 0.160 e. The Balaban J connectivity index is 1.25. The fourth-order valence-corrected chi connectivity index (χ4v) is 9.17. The van der Waals surface area contributed by atoms with E-state index >= 15 is 0 Å². The van der Waals surface area contributed by atoms with Crippen molar-refractivity contribution in [2.45, 2.75) is 19.3 Å². The Bertz CT molecular complexity index is 3040. The third kappa shape index (κ3) is 5.43. The normalized spacial score (nSPS) is 12.8. The standard InChI is InChI=1S/C55H39N3/c1-55(2)47-29-17-15-27-41(47)45-33-46-42-28-16-18-30-51(42)58(52(46)34-48(45)55)53-43(36-19-7-3-8-20-36)31-40(32-44(53)37-21-9-4-10-22-37)54-56-49(38-23-11-5-12-24-38)35-50(57-54)39-25-13-6-14-26-39/h3-35H,1-2H3. The Hall–Kier alpha value is -7.36. The van der Waals surface area contributed by atoms with Gasteiger partial charge in [0, 0.05) is 44.0 Å². The number of para-hydroxylation sites is 1. The van der Waals surface area contributed by atoms with E-state index in [2.05, 4.69) is 206 Å². The molecule has 0 amide bonds. The van der Waals surface area contributed by atoms with Gasteiger partial charge in [0.2, 0.25) is 0 Å². The van der Waals surface area contributed by atoms with E-state index in [0.717, 1.165) is 56.0 Å². The second-order valence-corrected chi connectivity index (χ2v) is 15.8. The topological polar surface area (TPSA) is 30.7 Å². The molecule has 0 atom stereocenters. The quantitative estimate of drug-likeness (QED) is 0.170. The molecule has 0 unspecified atom stereocenters. The van der Waals surface area contributed by atoms with E-state index in [9.17, 15) is 0 Å². The minimum absolute atomic E-state index is 0.145. The minimum atomic E-state index is -0.145. The molecule has 8 aromatic carbocycles. The highest BCUT2D eigenvalue weighted by Crippen LogP contribution is 2.52. The van der Waals surface area contributed by atoms with Gasteiger partial charge in [0.05, 0.1) is 28.1 Å². The second kappa shape index (κ2) is 13.4. The Morgan fingerprint density at radius 1 is 0.362 bits per heavy atom. The van der Waals surface area contributed by atoms with E-state index < -0.39 is 0 Å². The first-order chi connectivity index (χ1) is 28.5. The average molecular weight is 742 g/mol. The molecule has 2 aromatic heterocycles. The maximum Gasteiger partial charge on any atom is 0.160 e. The molecule has 0 saturated carbocycles. The van der Waals surface area contributed by atoms with Crippen molar-refractivity contribution >= 4 is 21.8 Å². The second-order valence-electron chi connectivity index (χ2n) is 15.8. The molecule has 0 spiro atoms. The van der Waals surface area contributed by atoms with Crippen LogP contribution in [0.15, 0.2) is 200 Å². The number of nitrogens with zero attached hydrogens (tertiary/aromatic N) is 3.